The van der Waals surface area contributed by atoms with Crippen molar-refractivity contribution in [3.63, 3.8) is 0 Å². The van der Waals surface area contributed by atoms with Gasteiger partial charge in [0.25, 0.3) is 5.56 Å². The Morgan fingerprint density at radius 1 is 0.979 bits per heavy atom. The lowest BCUT2D eigenvalue weighted by molar-refractivity contribution is -0.147. The molecule has 1 fully saturated rings. The molecule has 0 radical (unpaired) electrons. The Morgan fingerprint density at radius 2 is 1.49 bits per heavy atom. The first kappa shape index (κ1) is 35.6. The van der Waals surface area contributed by atoms with E-state index < -0.39 is 73.6 Å². The fraction of sp³-hybridized carbons (Fsp3) is 0.355. The van der Waals surface area contributed by atoms with Gasteiger partial charge in [0.05, 0.1) is 6.61 Å². The third-order valence-corrected chi connectivity index (χ3v) is 9.23. The highest BCUT2D eigenvalue weighted by Crippen LogP contribution is 2.44. The largest absolute Gasteiger partial charge is 0.460 e. The summed E-state index contributed by atoms with van der Waals surface area (Å²) >= 11 is 0. The molecule has 1 aliphatic rings. The molecular weight excluding hydrogens is 635 g/mol. The number of rotatable bonds is 15. The van der Waals surface area contributed by atoms with Crippen molar-refractivity contribution in [1.29, 1.82) is 0 Å². The van der Waals surface area contributed by atoms with Crippen LogP contribution in [0.1, 0.15) is 31.2 Å². The van der Waals surface area contributed by atoms with Gasteiger partial charge in [-0.15, -0.1) is 6.58 Å². The van der Waals surface area contributed by atoms with Crippen molar-refractivity contribution in [3.05, 3.63) is 118 Å². The first-order valence-corrected chi connectivity index (χ1v) is 16.2. The number of aromatic amines is 1. The van der Waals surface area contributed by atoms with E-state index in [1.54, 1.807) is 48.5 Å². The van der Waals surface area contributed by atoms with Crippen molar-refractivity contribution < 1.29 is 43.1 Å². The topological polar surface area (TPSA) is 208 Å². The second kappa shape index (κ2) is 15.6. The summed E-state index contributed by atoms with van der Waals surface area (Å²) in [6.07, 6.45) is -2.83. The van der Waals surface area contributed by atoms with Crippen LogP contribution in [0.3, 0.4) is 0 Å². The van der Waals surface area contributed by atoms with Crippen LogP contribution in [-0.4, -0.2) is 68.2 Å². The minimum absolute atomic E-state index is 0.0600. The minimum Gasteiger partial charge on any atom is -0.460 e. The van der Waals surface area contributed by atoms with Crippen LogP contribution in [0.15, 0.2) is 95.2 Å². The number of carbonyl (C=O) groups excluding carboxylic acids is 2. The van der Waals surface area contributed by atoms with E-state index in [-0.39, 0.29) is 13.2 Å². The molecule has 16 heteroatoms. The van der Waals surface area contributed by atoms with Crippen LogP contribution in [0.2, 0.25) is 0 Å². The van der Waals surface area contributed by atoms with Gasteiger partial charge < -0.3 is 28.9 Å². The third kappa shape index (κ3) is 8.99. The lowest BCUT2D eigenvalue weighted by Gasteiger charge is -2.32. The second-order valence-electron chi connectivity index (χ2n) is 10.8. The first-order chi connectivity index (χ1) is 22.4. The van der Waals surface area contributed by atoms with Gasteiger partial charge in [-0.1, -0.05) is 66.7 Å². The Balaban J connectivity index is 1.51. The fourth-order valence-electron chi connectivity index (χ4n) is 4.63. The van der Waals surface area contributed by atoms with Gasteiger partial charge in [0.2, 0.25) is 0 Å². The van der Waals surface area contributed by atoms with Crippen molar-refractivity contribution in [2.75, 3.05) is 6.61 Å². The highest BCUT2D eigenvalue weighted by Gasteiger charge is 2.54. The van der Waals surface area contributed by atoms with E-state index in [1.165, 1.54) is 13.8 Å². The number of nitrogens with one attached hydrogen (secondary N) is 3. The Labute approximate surface area is 269 Å². The summed E-state index contributed by atoms with van der Waals surface area (Å²) < 4.78 is 37.4. The molecule has 6 atom stereocenters. The molecule has 252 valence electrons. The number of aromatic nitrogens is 2. The van der Waals surface area contributed by atoms with Gasteiger partial charge >= 0.3 is 25.3 Å². The standard InChI is InChI=1S/C31H37N4O11P/c1-4-31(26(38)25(37)27(46-31)35-16-15-24(36)32-30(35)41)19-45-47(42,33-20(2)28(39)43-17-22-11-7-5-8-12-22)34-21(3)29(40)44-18-23-13-9-6-10-14-23/h4-16,20-21,25-27,37-38H,1,17-19H2,2-3H3,(H,32,36,41)(H2,33,34,42)/t20-,21-,25+,26-,27+,31+/m0/s1. The second-order valence-corrected chi connectivity index (χ2v) is 12.7. The first-order valence-electron chi connectivity index (χ1n) is 14.6. The average molecular weight is 673 g/mol. The van der Waals surface area contributed by atoms with Crippen LogP contribution in [0.4, 0.5) is 0 Å². The summed E-state index contributed by atoms with van der Waals surface area (Å²) in [6.45, 7) is 5.52. The normalized spacial score (nSPS) is 22.3. The lowest BCUT2D eigenvalue weighted by atomic mass is 9.96. The number of benzene rings is 2. The van der Waals surface area contributed by atoms with Gasteiger partial charge in [0.1, 0.15) is 43.1 Å². The van der Waals surface area contributed by atoms with E-state index in [0.717, 1.165) is 34.0 Å². The third-order valence-electron chi connectivity index (χ3n) is 7.28. The van der Waals surface area contributed by atoms with Gasteiger partial charge in [0.15, 0.2) is 6.23 Å². The van der Waals surface area contributed by atoms with E-state index in [2.05, 4.69) is 16.8 Å². The highest BCUT2D eigenvalue weighted by molar-refractivity contribution is 7.54. The molecule has 1 aliphatic heterocycles. The summed E-state index contributed by atoms with van der Waals surface area (Å²) in [5.74, 6) is -1.58. The Hall–Kier alpha value is -4.21. The molecule has 0 saturated carbocycles. The maximum absolute atomic E-state index is 14.2. The summed E-state index contributed by atoms with van der Waals surface area (Å²) in [4.78, 5) is 51.6. The molecule has 47 heavy (non-hydrogen) atoms. The number of ether oxygens (including phenoxy) is 3. The van der Waals surface area contributed by atoms with Crippen LogP contribution in [0.25, 0.3) is 0 Å². The number of aliphatic hydroxyl groups excluding tert-OH is 2. The predicted molar refractivity (Wildman–Crippen MR) is 168 cm³/mol. The molecule has 1 saturated heterocycles. The van der Waals surface area contributed by atoms with Crippen molar-refractivity contribution in [1.82, 2.24) is 19.7 Å². The summed E-state index contributed by atoms with van der Waals surface area (Å²) in [5.41, 5.74) is -2.13. The summed E-state index contributed by atoms with van der Waals surface area (Å²) in [5, 5.41) is 26.9. The number of H-pyrrole nitrogens is 1. The molecule has 0 amide bonds. The zero-order valence-corrected chi connectivity index (χ0v) is 26.6. The highest BCUT2D eigenvalue weighted by atomic mass is 31.2. The van der Waals surface area contributed by atoms with Gasteiger partial charge in [0, 0.05) is 12.3 Å². The van der Waals surface area contributed by atoms with Crippen molar-refractivity contribution >= 4 is 19.6 Å². The molecule has 1 aromatic heterocycles. The van der Waals surface area contributed by atoms with Crippen molar-refractivity contribution in [3.8, 4) is 0 Å². The van der Waals surface area contributed by atoms with Crippen LogP contribution in [-0.2, 0) is 46.1 Å². The molecule has 15 nitrogen and oxygen atoms in total. The number of hydrogen-bond acceptors (Lipinski definition) is 11. The molecule has 0 aliphatic carbocycles. The van der Waals surface area contributed by atoms with Gasteiger partial charge in [-0.25, -0.2) is 15.0 Å². The minimum atomic E-state index is -4.43. The van der Waals surface area contributed by atoms with Crippen molar-refractivity contribution in [2.24, 2.45) is 0 Å². The molecule has 4 rings (SSSR count). The molecule has 2 heterocycles. The van der Waals surface area contributed by atoms with E-state index in [0.29, 0.717) is 0 Å². The van der Waals surface area contributed by atoms with Crippen LogP contribution in [0.5, 0.6) is 0 Å². The lowest BCUT2D eigenvalue weighted by Crippen LogP contribution is -2.47. The zero-order valence-electron chi connectivity index (χ0n) is 25.7. The van der Waals surface area contributed by atoms with E-state index in [9.17, 15) is 34.0 Å². The maximum atomic E-state index is 14.2. The van der Waals surface area contributed by atoms with E-state index in [1.807, 2.05) is 17.1 Å². The monoisotopic (exact) mass is 672 g/mol. The molecule has 0 bridgehead atoms. The summed E-state index contributed by atoms with van der Waals surface area (Å²) in [7, 11) is -4.43. The van der Waals surface area contributed by atoms with Crippen molar-refractivity contribution in [2.45, 2.75) is 63.2 Å². The van der Waals surface area contributed by atoms with Gasteiger partial charge in [-0.2, -0.15) is 0 Å². The number of carbonyl (C=O) groups is 2. The Kier molecular flexibility index (Phi) is 11.8. The Morgan fingerprint density at radius 3 is 1.96 bits per heavy atom. The molecule has 2 aromatic carbocycles. The van der Waals surface area contributed by atoms with Crippen LogP contribution < -0.4 is 21.4 Å². The van der Waals surface area contributed by atoms with E-state index in [4.69, 9.17) is 18.7 Å². The summed E-state index contributed by atoms with van der Waals surface area (Å²) in [6, 6.07) is 16.3. The van der Waals surface area contributed by atoms with Gasteiger partial charge in [-0.3, -0.25) is 28.5 Å². The van der Waals surface area contributed by atoms with E-state index >= 15 is 0 Å². The number of nitrogens with zero attached hydrogens (tertiary/aromatic N) is 1. The SMILES string of the molecule is C=C[C@]1(COP(=O)(N[C@@H](C)C(=O)OCc2ccccc2)N[C@@H](C)C(=O)OCc2ccccc2)O[C@@H](n2ccc(=O)[nH]c2=O)[C@H](O)[C@@H]1O. The quantitative estimate of drug-likeness (QED) is 0.0877. The fourth-order valence-corrected chi connectivity index (χ4v) is 6.47. The zero-order chi connectivity index (χ0) is 34.2. The Bertz CT molecular complexity index is 1630. The maximum Gasteiger partial charge on any atom is 0.342 e. The average Bonchev–Trinajstić information content (AvgIpc) is 3.31. The van der Waals surface area contributed by atoms with Crippen LogP contribution >= 0.6 is 7.67 Å². The number of hydrogen-bond donors (Lipinski definition) is 5. The molecule has 0 spiro atoms. The number of aliphatic hydroxyl groups is 2. The smallest absolute Gasteiger partial charge is 0.342 e. The number of esters is 2. The molecule has 5 N–H and O–H groups in total. The van der Waals surface area contributed by atoms with Crippen LogP contribution in [0, 0.1) is 0 Å². The molecule has 3 aromatic rings. The molecular formula is C31H37N4O11P. The van der Waals surface area contributed by atoms with Gasteiger partial charge in [-0.05, 0) is 25.0 Å². The predicted octanol–water partition coefficient (Wildman–Crippen LogP) is 1.28. The molecule has 0 unspecified atom stereocenters.